The normalized spacial score (nSPS) is 28.2. The number of primary amides is 1. The van der Waals surface area contributed by atoms with E-state index >= 15 is 0 Å². The quantitative estimate of drug-likeness (QED) is 0.512. The van der Waals surface area contributed by atoms with Crippen LogP contribution >= 0.6 is 0 Å². The molecule has 2 fully saturated rings. The first-order valence-electron chi connectivity index (χ1n) is 13.3. The molecule has 1 aromatic carbocycles. The van der Waals surface area contributed by atoms with Crippen LogP contribution in [0.4, 0.5) is 0 Å². The molecule has 0 bridgehead atoms. The molecule has 0 spiro atoms. The van der Waals surface area contributed by atoms with E-state index in [1.165, 1.54) is 88.5 Å². The predicted molar refractivity (Wildman–Crippen MR) is 136 cm³/mol. The lowest BCUT2D eigenvalue weighted by molar-refractivity contribution is 0.1000. The van der Waals surface area contributed by atoms with Crippen LogP contribution in [0.2, 0.25) is 0 Å². The van der Waals surface area contributed by atoms with E-state index in [-0.39, 0.29) is 5.91 Å². The third kappa shape index (κ3) is 6.59. The Kier molecular flexibility index (Phi) is 8.83. The number of carbonyl (C=O) groups excluding carboxylic acids is 1. The summed E-state index contributed by atoms with van der Waals surface area (Å²) in [6.45, 7) is 15.5. The topological polar surface area (TPSA) is 46.3 Å². The molecule has 0 aromatic heterocycles. The molecule has 180 valence electrons. The van der Waals surface area contributed by atoms with E-state index in [0.29, 0.717) is 28.7 Å². The van der Waals surface area contributed by atoms with Crippen molar-refractivity contribution in [1.82, 2.24) is 4.90 Å². The zero-order valence-corrected chi connectivity index (χ0v) is 21.5. The van der Waals surface area contributed by atoms with Crippen LogP contribution in [0, 0.1) is 17.3 Å². The number of unbranched alkanes of at least 4 members (excludes halogenated alkanes) is 1. The van der Waals surface area contributed by atoms with Gasteiger partial charge in [-0.2, -0.15) is 0 Å². The van der Waals surface area contributed by atoms with Crippen molar-refractivity contribution in [1.29, 1.82) is 0 Å². The first-order valence-corrected chi connectivity index (χ1v) is 13.3. The summed E-state index contributed by atoms with van der Waals surface area (Å²) >= 11 is 0. The molecular formula is C29H48N2O. The van der Waals surface area contributed by atoms with Gasteiger partial charge >= 0.3 is 0 Å². The zero-order chi connectivity index (χ0) is 23.3. The van der Waals surface area contributed by atoms with Crippen molar-refractivity contribution in [3.8, 4) is 0 Å². The standard InChI is InChI=1S/C29H48N2O/c1-6-7-16-31-17-14-21(2)19-23(15-18-31)27-20-24(28(30)32)10-13-26(27)22-8-11-25(12-9-22)29(3,4)5/h10,13,20-23,25H,6-9,11-12,14-19H2,1-5H3,(H2,30,32). The lowest BCUT2D eigenvalue weighted by Gasteiger charge is -2.38. The smallest absolute Gasteiger partial charge is 0.248 e. The van der Waals surface area contributed by atoms with E-state index in [1.807, 2.05) is 6.07 Å². The number of likely N-dealkylation sites (tertiary alicyclic amines) is 1. The minimum absolute atomic E-state index is 0.294. The minimum Gasteiger partial charge on any atom is -0.366 e. The summed E-state index contributed by atoms with van der Waals surface area (Å²) in [5.74, 6) is 2.40. The van der Waals surface area contributed by atoms with Gasteiger partial charge in [0.2, 0.25) is 5.91 Å². The van der Waals surface area contributed by atoms with Crippen molar-refractivity contribution in [3.63, 3.8) is 0 Å². The molecular weight excluding hydrogens is 392 g/mol. The lowest BCUT2D eigenvalue weighted by atomic mass is 9.67. The van der Waals surface area contributed by atoms with Crippen molar-refractivity contribution in [2.45, 2.75) is 104 Å². The van der Waals surface area contributed by atoms with Crippen LogP contribution in [0.25, 0.3) is 0 Å². The molecule has 3 heteroatoms. The van der Waals surface area contributed by atoms with Gasteiger partial charge in [-0.3, -0.25) is 4.79 Å². The van der Waals surface area contributed by atoms with Crippen molar-refractivity contribution < 1.29 is 4.79 Å². The van der Waals surface area contributed by atoms with Crippen LogP contribution < -0.4 is 5.73 Å². The maximum absolute atomic E-state index is 12.0. The van der Waals surface area contributed by atoms with Gasteiger partial charge in [0.05, 0.1) is 0 Å². The number of amides is 1. The Morgan fingerprint density at radius 3 is 2.31 bits per heavy atom. The summed E-state index contributed by atoms with van der Waals surface area (Å²) in [6.07, 6.45) is 11.4. The molecule has 1 saturated carbocycles. The molecule has 0 radical (unpaired) electrons. The molecule has 1 aliphatic carbocycles. The van der Waals surface area contributed by atoms with Gasteiger partial charge in [-0.25, -0.2) is 0 Å². The summed E-state index contributed by atoms with van der Waals surface area (Å²) in [6, 6.07) is 6.41. The van der Waals surface area contributed by atoms with Crippen molar-refractivity contribution in [3.05, 3.63) is 34.9 Å². The highest BCUT2D eigenvalue weighted by atomic mass is 16.1. The zero-order valence-electron chi connectivity index (χ0n) is 21.5. The van der Waals surface area contributed by atoms with Crippen LogP contribution in [0.1, 0.15) is 126 Å². The number of carbonyl (C=O) groups is 1. The van der Waals surface area contributed by atoms with E-state index in [4.69, 9.17) is 5.73 Å². The fourth-order valence-electron chi connectivity index (χ4n) is 6.19. The van der Waals surface area contributed by atoms with Crippen molar-refractivity contribution in [2.75, 3.05) is 19.6 Å². The van der Waals surface area contributed by atoms with Crippen LogP contribution in [0.15, 0.2) is 18.2 Å². The van der Waals surface area contributed by atoms with Gasteiger partial charge in [-0.05, 0) is 123 Å². The third-order valence-corrected chi connectivity index (χ3v) is 8.45. The molecule has 32 heavy (non-hydrogen) atoms. The fourth-order valence-corrected chi connectivity index (χ4v) is 6.19. The maximum Gasteiger partial charge on any atom is 0.248 e. The largest absolute Gasteiger partial charge is 0.366 e. The Morgan fingerprint density at radius 1 is 1.00 bits per heavy atom. The number of hydrogen-bond donors (Lipinski definition) is 1. The van der Waals surface area contributed by atoms with Gasteiger partial charge in [0.15, 0.2) is 0 Å². The molecule has 2 atom stereocenters. The Balaban J connectivity index is 1.84. The summed E-state index contributed by atoms with van der Waals surface area (Å²) in [7, 11) is 0. The summed E-state index contributed by atoms with van der Waals surface area (Å²) in [5, 5.41) is 0. The van der Waals surface area contributed by atoms with Crippen molar-refractivity contribution >= 4 is 5.91 Å². The molecule has 2 aliphatic rings. The van der Waals surface area contributed by atoms with Gasteiger partial charge in [0.25, 0.3) is 0 Å². The molecule has 1 saturated heterocycles. The Morgan fingerprint density at radius 2 is 1.69 bits per heavy atom. The fraction of sp³-hybridized carbons (Fsp3) is 0.759. The molecule has 2 unspecified atom stereocenters. The van der Waals surface area contributed by atoms with Crippen LogP contribution in [-0.2, 0) is 0 Å². The molecule has 1 heterocycles. The number of nitrogens with zero attached hydrogens (tertiary/aromatic N) is 1. The monoisotopic (exact) mass is 440 g/mol. The van der Waals surface area contributed by atoms with E-state index < -0.39 is 0 Å². The summed E-state index contributed by atoms with van der Waals surface area (Å²) < 4.78 is 0. The molecule has 1 amide bonds. The lowest BCUT2D eigenvalue weighted by Crippen LogP contribution is -2.32. The second-order valence-corrected chi connectivity index (χ2v) is 11.9. The SMILES string of the molecule is CCCCN1CCC(C)CC(c2cc(C(N)=O)ccc2C2CCC(C(C)(C)C)CC2)CC1. The molecule has 3 nitrogen and oxygen atoms in total. The van der Waals surface area contributed by atoms with Gasteiger partial charge < -0.3 is 10.6 Å². The van der Waals surface area contributed by atoms with Crippen LogP contribution in [-0.4, -0.2) is 30.4 Å². The molecule has 1 aromatic rings. The van der Waals surface area contributed by atoms with E-state index in [2.05, 4.69) is 51.7 Å². The van der Waals surface area contributed by atoms with Gasteiger partial charge in [-0.15, -0.1) is 0 Å². The van der Waals surface area contributed by atoms with Gasteiger partial charge in [-0.1, -0.05) is 47.1 Å². The Hall–Kier alpha value is -1.35. The van der Waals surface area contributed by atoms with Crippen LogP contribution in [0.5, 0.6) is 0 Å². The highest BCUT2D eigenvalue weighted by Gasteiger charge is 2.32. The number of rotatable bonds is 6. The van der Waals surface area contributed by atoms with E-state index in [0.717, 1.165) is 5.92 Å². The first-order chi connectivity index (χ1) is 15.2. The number of nitrogens with two attached hydrogens (primary N) is 1. The van der Waals surface area contributed by atoms with Crippen LogP contribution in [0.3, 0.4) is 0 Å². The second-order valence-electron chi connectivity index (χ2n) is 11.9. The molecule has 2 N–H and O–H groups in total. The van der Waals surface area contributed by atoms with Crippen molar-refractivity contribution in [2.24, 2.45) is 23.0 Å². The molecule has 3 rings (SSSR count). The summed E-state index contributed by atoms with van der Waals surface area (Å²) in [4.78, 5) is 14.7. The summed E-state index contributed by atoms with van der Waals surface area (Å²) in [5.41, 5.74) is 9.76. The highest BCUT2D eigenvalue weighted by molar-refractivity contribution is 5.93. The Bertz CT molecular complexity index is 742. The van der Waals surface area contributed by atoms with E-state index in [1.54, 1.807) is 0 Å². The number of benzene rings is 1. The van der Waals surface area contributed by atoms with Gasteiger partial charge in [0, 0.05) is 5.56 Å². The maximum atomic E-state index is 12.0. The van der Waals surface area contributed by atoms with Gasteiger partial charge in [0.1, 0.15) is 0 Å². The number of hydrogen-bond acceptors (Lipinski definition) is 2. The average molecular weight is 441 g/mol. The average Bonchev–Trinajstić information content (AvgIpc) is 2.75. The Labute approximate surface area is 197 Å². The second kappa shape index (κ2) is 11.2. The predicted octanol–water partition coefficient (Wildman–Crippen LogP) is 7.11. The van der Waals surface area contributed by atoms with E-state index in [9.17, 15) is 4.79 Å². The first kappa shape index (κ1) is 25.3. The third-order valence-electron chi connectivity index (χ3n) is 8.45. The highest BCUT2D eigenvalue weighted by Crippen LogP contribution is 2.46. The minimum atomic E-state index is -0.294. The molecule has 1 aliphatic heterocycles.